The van der Waals surface area contributed by atoms with Gasteiger partial charge in [0.1, 0.15) is 16.2 Å². The molecule has 1 aromatic rings. The van der Waals surface area contributed by atoms with E-state index in [0.717, 1.165) is 22.2 Å². The maximum Gasteiger partial charge on any atom is 0.135 e. The summed E-state index contributed by atoms with van der Waals surface area (Å²) in [4.78, 5) is 9.05. The van der Waals surface area contributed by atoms with Crippen molar-refractivity contribution >= 4 is 21.7 Å². The van der Waals surface area contributed by atoms with Crippen LogP contribution < -0.4 is 5.32 Å². The van der Waals surface area contributed by atoms with E-state index in [4.69, 9.17) is 0 Å². The van der Waals surface area contributed by atoms with Crippen molar-refractivity contribution in [3.8, 4) is 0 Å². The number of hydrogen-bond donors (Lipinski definition) is 1. The predicted molar refractivity (Wildman–Crippen MR) is 78.9 cm³/mol. The first kappa shape index (κ1) is 13.8. The molecule has 1 fully saturated rings. The van der Waals surface area contributed by atoms with Gasteiger partial charge in [-0.2, -0.15) is 0 Å². The Kier molecular flexibility index (Phi) is 4.60. The highest BCUT2D eigenvalue weighted by Crippen LogP contribution is 2.38. The fraction of sp³-hybridized carbons (Fsp3) is 0.714. The maximum atomic E-state index is 4.61. The van der Waals surface area contributed by atoms with Gasteiger partial charge in [-0.25, -0.2) is 9.97 Å². The lowest BCUT2D eigenvalue weighted by molar-refractivity contribution is 0.527. The van der Waals surface area contributed by atoms with Crippen LogP contribution in [0.4, 0.5) is 5.82 Å². The van der Waals surface area contributed by atoms with E-state index in [1.807, 2.05) is 6.07 Å². The monoisotopic (exact) mass is 311 g/mol. The first-order valence-corrected chi connectivity index (χ1v) is 7.65. The molecule has 1 aliphatic carbocycles. The third-order valence-corrected chi connectivity index (χ3v) is 3.63. The average Bonchev–Trinajstić information content (AvgIpc) is 3.09. The molecule has 0 spiro atoms. The van der Waals surface area contributed by atoms with Crippen LogP contribution in [0.2, 0.25) is 0 Å². The van der Waals surface area contributed by atoms with Crippen LogP contribution in [-0.4, -0.2) is 16.0 Å². The van der Waals surface area contributed by atoms with E-state index in [2.05, 4.69) is 52.0 Å². The molecule has 100 valence electrons. The van der Waals surface area contributed by atoms with Crippen molar-refractivity contribution in [3.05, 3.63) is 16.5 Å². The zero-order valence-corrected chi connectivity index (χ0v) is 13.0. The average molecular weight is 312 g/mol. The molecule has 0 aromatic carbocycles. The van der Waals surface area contributed by atoms with E-state index >= 15 is 0 Å². The maximum absolute atomic E-state index is 4.61. The molecule has 1 saturated carbocycles. The van der Waals surface area contributed by atoms with Crippen LogP contribution in [0.25, 0.3) is 0 Å². The van der Waals surface area contributed by atoms with Gasteiger partial charge in [-0.1, -0.05) is 13.8 Å². The topological polar surface area (TPSA) is 37.8 Å². The molecule has 1 aliphatic rings. The van der Waals surface area contributed by atoms with Gasteiger partial charge in [0, 0.05) is 18.0 Å². The summed E-state index contributed by atoms with van der Waals surface area (Å²) in [5.74, 6) is 3.29. The second-order valence-corrected chi connectivity index (χ2v) is 6.54. The minimum atomic E-state index is 0.459. The lowest BCUT2D eigenvalue weighted by Gasteiger charge is -2.16. The van der Waals surface area contributed by atoms with Crippen molar-refractivity contribution in [2.24, 2.45) is 5.92 Å². The highest BCUT2D eigenvalue weighted by Gasteiger charge is 2.27. The quantitative estimate of drug-likeness (QED) is 0.793. The first-order valence-electron chi connectivity index (χ1n) is 6.85. The number of rotatable bonds is 6. The molecule has 1 N–H and O–H groups in total. The number of hydrogen-bond acceptors (Lipinski definition) is 3. The Labute approximate surface area is 118 Å². The van der Waals surface area contributed by atoms with E-state index in [9.17, 15) is 0 Å². The summed E-state index contributed by atoms with van der Waals surface area (Å²) in [6, 6.07) is 2.43. The van der Waals surface area contributed by atoms with Crippen LogP contribution >= 0.6 is 15.9 Å². The summed E-state index contributed by atoms with van der Waals surface area (Å²) < 4.78 is 0.887. The minimum absolute atomic E-state index is 0.459. The van der Waals surface area contributed by atoms with Gasteiger partial charge >= 0.3 is 0 Å². The SMILES string of the molecule is CC(C)CCC(C)Nc1cc(Br)nc(C2CC2)n1. The zero-order valence-electron chi connectivity index (χ0n) is 11.4. The molecule has 0 saturated heterocycles. The lowest BCUT2D eigenvalue weighted by atomic mass is 10.0. The largest absolute Gasteiger partial charge is 0.367 e. The Balaban J connectivity index is 1.95. The molecule has 0 amide bonds. The van der Waals surface area contributed by atoms with E-state index in [1.165, 1.54) is 25.7 Å². The highest BCUT2D eigenvalue weighted by atomic mass is 79.9. The molecular formula is C14H22BrN3. The van der Waals surface area contributed by atoms with Gasteiger partial charge in [0.05, 0.1) is 0 Å². The summed E-state index contributed by atoms with van der Waals surface area (Å²) in [6.07, 6.45) is 4.89. The number of aromatic nitrogens is 2. The third kappa shape index (κ3) is 4.23. The van der Waals surface area contributed by atoms with Gasteiger partial charge in [-0.15, -0.1) is 0 Å². The second kappa shape index (κ2) is 6.00. The highest BCUT2D eigenvalue weighted by molar-refractivity contribution is 9.10. The number of nitrogens with zero attached hydrogens (tertiary/aromatic N) is 2. The summed E-state index contributed by atoms with van der Waals surface area (Å²) >= 11 is 3.47. The Hall–Kier alpha value is -0.640. The molecule has 1 unspecified atom stereocenters. The van der Waals surface area contributed by atoms with Crippen molar-refractivity contribution in [2.45, 2.75) is 58.4 Å². The molecule has 0 bridgehead atoms. The van der Waals surface area contributed by atoms with Crippen LogP contribution in [0.15, 0.2) is 10.7 Å². The van der Waals surface area contributed by atoms with Gasteiger partial charge < -0.3 is 5.32 Å². The molecule has 3 nitrogen and oxygen atoms in total. The minimum Gasteiger partial charge on any atom is -0.367 e. The second-order valence-electron chi connectivity index (χ2n) is 5.72. The standard InChI is InChI=1S/C14H22BrN3/c1-9(2)4-5-10(3)16-13-8-12(15)17-14(18-13)11-6-7-11/h8-11H,4-7H2,1-3H3,(H,16,17,18). The molecule has 1 aromatic heterocycles. The van der Waals surface area contributed by atoms with Crippen LogP contribution in [-0.2, 0) is 0 Å². The Morgan fingerprint density at radius 3 is 2.61 bits per heavy atom. The van der Waals surface area contributed by atoms with E-state index < -0.39 is 0 Å². The molecule has 4 heteroatoms. The summed E-state index contributed by atoms with van der Waals surface area (Å²) in [5.41, 5.74) is 0. The fourth-order valence-corrected chi connectivity index (χ4v) is 2.34. The fourth-order valence-electron chi connectivity index (χ4n) is 1.94. The molecule has 1 atom stereocenters. The third-order valence-electron chi connectivity index (χ3n) is 3.23. The molecule has 2 rings (SSSR count). The van der Waals surface area contributed by atoms with Crippen molar-refractivity contribution in [1.29, 1.82) is 0 Å². The Bertz CT molecular complexity index is 402. The Morgan fingerprint density at radius 2 is 2.00 bits per heavy atom. The first-order chi connectivity index (χ1) is 8.54. The summed E-state index contributed by atoms with van der Waals surface area (Å²) in [5, 5.41) is 3.48. The van der Waals surface area contributed by atoms with Gasteiger partial charge in [0.15, 0.2) is 0 Å². The molecule has 1 heterocycles. The van der Waals surface area contributed by atoms with Crippen molar-refractivity contribution in [3.63, 3.8) is 0 Å². The van der Waals surface area contributed by atoms with E-state index in [0.29, 0.717) is 12.0 Å². The van der Waals surface area contributed by atoms with Crippen LogP contribution in [0, 0.1) is 5.92 Å². The van der Waals surface area contributed by atoms with Gasteiger partial charge in [0.25, 0.3) is 0 Å². The van der Waals surface area contributed by atoms with Crippen molar-refractivity contribution < 1.29 is 0 Å². The van der Waals surface area contributed by atoms with Crippen LogP contribution in [0.5, 0.6) is 0 Å². The number of halogens is 1. The Morgan fingerprint density at radius 1 is 1.28 bits per heavy atom. The van der Waals surface area contributed by atoms with Gasteiger partial charge in [0.2, 0.25) is 0 Å². The predicted octanol–water partition coefficient (Wildman–Crippen LogP) is 4.35. The van der Waals surface area contributed by atoms with E-state index in [1.54, 1.807) is 0 Å². The lowest BCUT2D eigenvalue weighted by Crippen LogP contribution is -2.17. The van der Waals surface area contributed by atoms with Crippen LogP contribution in [0.1, 0.15) is 58.2 Å². The number of nitrogens with one attached hydrogen (secondary N) is 1. The molecular weight excluding hydrogens is 290 g/mol. The molecule has 0 radical (unpaired) electrons. The summed E-state index contributed by atoms with van der Waals surface area (Å²) in [6.45, 7) is 6.74. The van der Waals surface area contributed by atoms with Crippen molar-refractivity contribution in [2.75, 3.05) is 5.32 Å². The zero-order chi connectivity index (χ0) is 13.1. The van der Waals surface area contributed by atoms with Crippen LogP contribution in [0.3, 0.4) is 0 Å². The van der Waals surface area contributed by atoms with Gasteiger partial charge in [-0.3, -0.25) is 0 Å². The van der Waals surface area contributed by atoms with E-state index in [-0.39, 0.29) is 0 Å². The van der Waals surface area contributed by atoms with Crippen molar-refractivity contribution in [1.82, 2.24) is 9.97 Å². The number of anilines is 1. The normalized spacial score (nSPS) is 16.9. The molecule has 0 aliphatic heterocycles. The summed E-state index contributed by atoms with van der Waals surface area (Å²) in [7, 11) is 0. The smallest absolute Gasteiger partial charge is 0.135 e. The van der Waals surface area contributed by atoms with Gasteiger partial charge in [-0.05, 0) is 54.5 Å². The molecule has 18 heavy (non-hydrogen) atoms.